The van der Waals surface area contributed by atoms with E-state index in [4.69, 9.17) is 23.7 Å². The van der Waals surface area contributed by atoms with Gasteiger partial charge in [-0.25, -0.2) is 4.79 Å². The number of anilines is 2. The molecule has 0 atom stereocenters. The fraction of sp³-hybridized carbons (Fsp3) is 0.290. The zero-order valence-electron chi connectivity index (χ0n) is 50.0. The number of hydrogen-bond donors (Lipinski definition) is 4. The first-order valence-electron chi connectivity index (χ1n) is 28.7. The Labute approximate surface area is 508 Å². The van der Waals surface area contributed by atoms with Crippen molar-refractivity contribution in [3.63, 3.8) is 0 Å². The standard InChI is InChI=1S/C40H44N2O8.C29H32N2O6/c1-3-4-5-6-7-8-25-49-35-23-15-32(16-24-35)40(47)50-36-21-11-30(12-22-36)27-42(28-38(44)45)39(46)31-13-17-33(18-14-31)41-37(43)26-29-9-19-34(48-2)20-10-29;1-29(2,3)37-27(34)19-31(18-21-5-13-24(32)14-6-21)28(35)22-9-11-23(12-10-22)30-26(33)17-20-7-15-25(36-4)16-8-20/h9-24H,3-8,25-28H2,1-2H3,(H,41,43)(H,44,45);5-16,32H,17-19H2,1-4H3,(H,30,33). The Balaban J connectivity index is 0.000000291. The number of carbonyl (C=O) groups excluding carboxylic acids is 6. The quantitative estimate of drug-likeness (QED) is 0.0203. The number of carboxylic acids is 1. The minimum absolute atomic E-state index is 0.0138. The highest BCUT2D eigenvalue weighted by Crippen LogP contribution is 2.23. The predicted molar refractivity (Wildman–Crippen MR) is 331 cm³/mol. The van der Waals surface area contributed by atoms with Gasteiger partial charge in [0.05, 0.1) is 39.2 Å². The minimum Gasteiger partial charge on any atom is -0.508 e. The lowest BCUT2D eigenvalue weighted by molar-refractivity contribution is -0.155. The van der Waals surface area contributed by atoms with Crippen LogP contribution in [0.1, 0.15) is 120 Å². The third-order valence-corrected chi connectivity index (χ3v) is 13.2. The molecule has 0 aliphatic carbocycles. The van der Waals surface area contributed by atoms with E-state index in [0.717, 1.165) is 35.3 Å². The van der Waals surface area contributed by atoms with Gasteiger partial charge < -0.3 is 54.3 Å². The lowest BCUT2D eigenvalue weighted by Gasteiger charge is -2.25. The number of nitrogens with zero attached hydrogens (tertiary/aromatic N) is 2. The molecule has 4 N–H and O–H groups in total. The van der Waals surface area contributed by atoms with E-state index in [2.05, 4.69) is 17.6 Å². The molecule has 0 saturated heterocycles. The molecule has 18 heteroatoms. The van der Waals surface area contributed by atoms with E-state index >= 15 is 0 Å². The Morgan fingerprint density at radius 1 is 0.471 bits per heavy atom. The zero-order valence-corrected chi connectivity index (χ0v) is 50.0. The number of nitrogens with one attached hydrogen (secondary N) is 2. The van der Waals surface area contributed by atoms with Crippen LogP contribution in [-0.4, -0.2) is 101 Å². The SMILES string of the molecule is CCCCCCCCOc1ccc(C(=O)Oc2ccc(CN(CC(=O)O)C(=O)c3ccc(NC(=O)Cc4ccc(OC)cc4)cc3)cc2)cc1.COc1ccc(CC(=O)Nc2ccc(C(=O)N(CC(=O)OC(C)(C)C)Cc3ccc(O)cc3)cc2)cc1. The number of phenolic OH excluding ortho intramolecular Hbond substituents is 1. The Morgan fingerprint density at radius 2 is 0.874 bits per heavy atom. The number of methoxy groups -OCH3 is 2. The molecule has 0 aliphatic heterocycles. The van der Waals surface area contributed by atoms with E-state index in [0.29, 0.717) is 51.9 Å². The van der Waals surface area contributed by atoms with Crippen molar-refractivity contribution in [3.8, 4) is 28.7 Å². The summed E-state index contributed by atoms with van der Waals surface area (Å²) < 4.78 is 27.0. The van der Waals surface area contributed by atoms with Gasteiger partial charge in [0.1, 0.15) is 47.4 Å². The summed E-state index contributed by atoms with van der Waals surface area (Å²) in [7, 11) is 3.16. The molecule has 7 aromatic carbocycles. The molecule has 0 aromatic heterocycles. The highest BCUT2D eigenvalue weighted by molar-refractivity contribution is 5.99. The van der Waals surface area contributed by atoms with Gasteiger partial charge >= 0.3 is 17.9 Å². The molecular formula is C69H76N4O14. The number of phenols is 1. The lowest BCUT2D eigenvalue weighted by atomic mass is 10.1. The van der Waals surface area contributed by atoms with Crippen molar-refractivity contribution >= 4 is 52.9 Å². The number of carboxylic acid groups (broad SMARTS) is 1. The number of carbonyl (C=O) groups is 7. The number of ether oxygens (including phenoxy) is 5. The normalized spacial score (nSPS) is 10.7. The Kier molecular flexibility index (Phi) is 25.5. The van der Waals surface area contributed by atoms with E-state index in [1.807, 2.05) is 24.3 Å². The summed E-state index contributed by atoms with van der Waals surface area (Å²) in [5.74, 6) is -0.948. The second kappa shape index (κ2) is 33.5. The van der Waals surface area contributed by atoms with Gasteiger partial charge in [-0.2, -0.15) is 0 Å². The van der Waals surface area contributed by atoms with Crippen LogP contribution in [0.15, 0.2) is 170 Å². The molecule has 0 saturated carbocycles. The molecule has 0 bridgehead atoms. The number of aliphatic carboxylic acids is 1. The van der Waals surface area contributed by atoms with E-state index in [1.165, 1.54) is 59.7 Å². The van der Waals surface area contributed by atoms with Crippen molar-refractivity contribution in [2.24, 2.45) is 0 Å². The van der Waals surface area contributed by atoms with Gasteiger partial charge in [0.15, 0.2) is 0 Å². The molecule has 18 nitrogen and oxygen atoms in total. The number of rotatable bonds is 28. The molecule has 4 amide bonds. The van der Waals surface area contributed by atoms with Crippen LogP contribution in [0.4, 0.5) is 11.4 Å². The third kappa shape index (κ3) is 23.2. The Morgan fingerprint density at radius 3 is 1.32 bits per heavy atom. The van der Waals surface area contributed by atoms with Crippen LogP contribution in [0, 0.1) is 0 Å². The maximum Gasteiger partial charge on any atom is 0.343 e. The van der Waals surface area contributed by atoms with Crippen LogP contribution in [-0.2, 0) is 49.8 Å². The van der Waals surface area contributed by atoms with Crippen LogP contribution < -0.4 is 29.6 Å². The van der Waals surface area contributed by atoms with E-state index in [1.54, 1.807) is 156 Å². The number of hydrogen-bond acceptors (Lipinski definition) is 13. The summed E-state index contributed by atoms with van der Waals surface area (Å²) in [4.78, 5) is 91.0. The smallest absolute Gasteiger partial charge is 0.343 e. The van der Waals surface area contributed by atoms with Gasteiger partial charge in [0, 0.05) is 35.6 Å². The maximum absolute atomic E-state index is 13.3. The monoisotopic (exact) mass is 1180 g/mol. The molecule has 87 heavy (non-hydrogen) atoms. The highest BCUT2D eigenvalue weighted by atomic mass is 16.6. The van der Waals surface area contributed by atoms with Crippen molar-refractivity contribution in [1.29, 1.82) is 0 Å². The molecule has 0 heterocycles. The van der Waals surface area contributed by atoms with Gasteiger partial charge in [-0.3, -0.25) is 28.8 Å². The molecule has 456 valence electrons. The number of esters is 2. The van der Waals surface area contributed by atoms with Gasteiger partial charge in [-0.1, -0.05) is 87.6 Å². The molecule has 0 fully saturated rings. The summed E-state index contributed by atoms with van der Waals surface area (Å²) in [6.07, 6.45) is 7.45. The summed E-state index contributed by atoms with van der Waals surface area (Å²) in [6.45, 7) is 7.53. The number of benzene rings is 7. The first-order chi connectivity index (χ1) is 41.8. The summed E-state index contributed by atoms with van der Waals surface area (Å²) in [6, 6.07) is 47.0. The lowest BCUT2D eigenvalue weighted by Crippen LogP contribution is -2.38. The Bertz CT molecular complexity index is 3350. The highest BCUT2D eigenvalue weighted by Gasteiger charge is 2.25. The largest absolute Gasteiger partial charge is 0.508 e. The minimum atomic E-state index is -1.16. The summed E-state index contributed by atoms with van der Waals surface area (Å²) >= 11 is 0. The third-order valence-electron chi connectivity index (χ3n) is 13.2. The van der Waals surface area contributed by atoms with E-state index in [-0.39, 0.29) is 61.5 Å². The molecule has 0 aliphatic rings. The molecule has 0 unspecified atom stereocenters. The molecular weight excluding hydrogens is 1110 g/mol. The molecule has 0 spiro atoms. The van der Waals surface area contributed by atoms with E-state index < -0.39 is 36.0 Å². The van der Waals surface area contributed by atoms with Crippen LogP contribution in [0.25, 0.3) is 0 Å². The van der Waals surface area contributed by atoms with Crippen LogP contribution in [0.2, 0.25) is 0 Å². The first kappa shape index (κ1) is 66.2. The second-order valence-corrected chi connectivity index (χ2v) is 21.4. The van der Waals surface area contributed by atoms with Gasteiger partial charge in [-0.15, -0.1) is 0 Å². The molecule has 7 rings (SSSR count). The van der Waals surface area contributed by atoms with Crippen LogP contribution in [0.3, 0.4) is 0 Å². The second-order valence-electron chi connectivity index (χ2n) is 21.4. The zero-order chi connectivity index (χ0) is 62.7. The summed E-state index contributed by atoms with van der Waals surface area (Å²) in [5.41, 5.74) is 4.43. The maximum atomic E-state index is 13.3. The van der Waals surface area contributed by atoms with Crippen molar-refractivity contribution in [2.75, 3.05) is 44.5 Å². The predicted octanol–water partition coefficient (Wildman–Crippen LogP) is 12.1. The topological polar surface area (TPSA) is 237 Å². The summed E-state index contributed by atoms with van der Waals surface area (Å²) in [5, 5.41) is 24.7. The van der Waals surface area contributed by atoms with Gasteiger partial charge in [0.2, 0.25) is 11.8 Å². The van der Waals surface area contributed by atoms with Crippen molar-refractivity contribution in [3.05, 3.63) is 209 Å². The fourth-order valence-electron chi connectivity index (χ4n) is 8.75. The van der Waals surface area contributed by atoms with E-state index in [9.17, 15) is 43.8 Å². The number of unbranched alkanes of at least 4 members (excludes halogenated alkanes) is 5. The first-order valence-corrected chi connectivity index (χ1v) is 28.7. The van der Waals surface area contributed by atoms with Gasteiger partial charge in [0.25, 0.3) is 11.8 Å². The van der Waals surface area contributed by atoms with Crippen LogP contribution in [0.5, 0.6) is 28.7 Å². The fourth-order valence-corrected chi connectivity index (χ4v) is 8.75. The molecule has 0 radical (unpaired) electrons. The Hall–Kier alpha value is -9.97. The average molecular weight is 1190 g/mol. The van der Waals surface area contributed by atoms with Crippen LogP contribution >= 0.6 is 0 Å². The van der Waals surface area contributed by atoms with Crippen molar-refractivity contribution in [2.45, 2.75) is 97.8 Å². The average Bonchev–Trinajstić information content (AvgIpc) is 3.63. The van der Waals surface area contributed by atoms with Crippen molar-refractivity contribution < 1.29 is 67.5 Å². The number of amides is 4. The molecule has 7 aromatic rings. The van der Waals surface area contributed by atoms with Gasteiger partial charge in [-0.05, 0) is 171 Å². The van der Waals surface area contributed by atoms with Crippen molar-refractivity contribution in [1.82, 2.24) is 9.80 Å². The number of aromatic hydroxyl groups is 1.